The molecule has 1 amide bonds. The number of amides is 1. The number of nitrogens with one attached hydrogen (secondary N) is 1. The molecule has 142 valence electrons. The Labute approximate surface area is 161 Å². The number of aliphatic hydroxyl groups excluding tert-OH is 1. The van der Waals surface area contributed by atoms with E-state index in [4.69, 9.17) is 4.74 Å². The van der Waals surface area contributed by atoms with E-state index >= 15 is 0 Å². The number of carbonyl (C=O) groups excluding carboxylic acids is 1. The molecule has 0 fully saturated rings. The molecule has 3 rings (SSSR count). The minimum atomic E-state index is -1.88. The van der Waals surface area contributed by atoms with Gasteiger partial charge >= 0.3 is 6.09 Å². The highest BCUT2D eigenvalue weighted by Crippen LogP contribution is 2.61. The van der Waals surface area contributed by atoms with Crippen molar-refractivity contribution < 1.29 is 14.6 Å². The number of alkyl carbamates (subject to hydrolysis) is 1. The molecule has 27 heavy (non-hydrogen) atoms. The van der Waals surface area contributed by atoms with Gasteiger partial charge in [-0.15, -0.1) is 0 Å². The van der Waals surface area contributed by atoms with Crippen LogP contribution in [0.5, 0.6) is 0 Å². The Morgan fingerprint density at radius 1 is 1.04 bits per heavy atom. The molecule has 1 aliphatic heterocycles. The van der Waals surface area contributed by atoms with Gasteiger partial charge in [0.15, 0.2) is 5.76 Å². The van der Waals surface area contributed by atoms with Crippen molar-refractivity contribution in [2.24, 2.45) is 0 Å². The van der Waals surface area contributed by atoms with Crippen LogP contribution in [0.4, 0.5) is 4.79 Å². The van der Waals surface area contributed by atoms with Gasteiger partial charge in [0.05, 0.1) is 12.2 Å². The van der Waals surface area contributed by atoms with Crippen LogP contribution in [0.15, 0.2) is 72.2 Å². The van der Waals surface area contributed by atoms with Crippen molar-refractivity contribution in [2.75, 3.05) is 6.16 Å². The monoisotopic (exact) mass is 384 g/mol. The lowest BCUT2D eigenvalue weighted by atomic mass is 10.2. The predicted molar refractivity (Wildman–Crippen MR) is 112 cm³/mol. The third-order valence-corrected chi connectivity index (χ3v) is 8.71. The van der Waals surface area contributed by atoms with E-state index in [1.807, 2.05) is 63.0 Å². The summed E-state index contributed by atoms with van der Waals surface area (Å²) in [6.07, 6.45) is 1.04. The highest BCUT2D eigenvalue weighted by atomic mass is 31.2. The van der Waals surface area contributed by atoms with Crippen molar-refractivity contribution in [3.05, 3.63) is 72.2 Å². The van der Waals surface area contributed by atoms with Crippen molar-refractivity contribution in [2.45, 2.75) is 38.8 Å². The summed E-state index contributed by atoms with van der Waals surface area (Å²) >= 11 is 0. The number of rotatable bonds is 3. The Morgan fingerprint density at radius 3 is 2.00 bits per heavy atom. The molecule has 0 aromatic heterocycles. The second-order valence-electron chi connectivity index (χ2n) is 7.80. The summed E-state index contributed by atoms with van der Waals surface area (Å²) in [6, 6.07) is 20.3. The van der Waals surface area contributed by atoms with Gasteiger partial charge in [0.25, 0.3) is 0 Å². The van der Waals surface area contributed by atoms with Crippen molar-refractivity contribution in [3.8, 4) is 0 Å². The third-order valence-electron chi connectivity index (χ3n) is 4.61. The van der Waals surface area contributed by atoms with Crippen molar-refractivity contribution >= 4 is 24.0 Å². The number of ether oxygens (including phenoxy) is 1. The van der Waals surface area contributed by atoms with Crippen molar-refractivity contribution in [3.63, 3.8) is 0 Å². The Bertz CT molecular complexity index is 773. The zero-order valence-corrected chi connectivity index (χ0v) is 16.9. The van der Waals surface area contributed by atoms with E-state index in [1.165, 1.54) is 10.6 Å². The van der Waals surface area contributed by atoms with Crippen LogP contribution in [-0.2, 0) is 4.74 Å². The first-order chi connectivity index (χ1) is 12.8. The molecule has 0 radical (unpaired) electrons. The summed E-state index contributed by atoms with van der Waals surface area (Å²) < 4.78 is 5.33. The molecule has 1 aliphatic rings. The Kier molecular flexibility index (Phi) is 5.57. The molecule has 0 unspecified atom stereocenters. The number of hydrogen-bond acceptors (Lipinski definition) is 3. The zero-order valence-electron chi connectivity index (χ0n) is 16.1. The normalized spacial score (nSPS) is 19.1. The van der Waals surface area contributed by atoms with Gasteiger partial charge in [-0.25, -0.2) is 4.79 Å². The van der Waals surface area contributed by atoms with E-state index < -0.39 is 25.0 Å². The first-order valence-corrected chi connectivity index (χ1v) is 11.2. The fraction of sp³-hybridized carbons (Fsp3) is 0.318. The lowest BCUT2D eigenvalue weighted by molar-refractivity contribution is 0.0500. The second-order valence-corrected chi connectivity index (χ2v) is 11.3. The van der Waals surface area contributed by atoms with Gasteiger partial charge in [-0.05, 0) is 45.0 Å². The Hall–Kier alpha value is -2.32. The summed E-state index contributed by atoms with van der Waals surface area (Å²) in [5, 5.41) is 16.1. The molecule has 0 saturated heterocycles. The highest BCUT2D eigenvalue weighted by molar-refractivity contribution is 7.92. The average Bonchev–Trinajstić information content (AvgIpc) is 2.63. The van der Waals surface area contributed by atoms with Gasteiger partial charge < -0.3 is 15.2 Å². The molecule has 1 atom stereocenters. The van der Waals surface area contributed by atoms with Gasteiger partial charge in [0.1, 0.15) is 29.3 Å². The number of hydrogen-bond donors (Lipinski definition) is 2. The molecule has 2 N–H and O–H groups in total. The van der Waals surface area contributed by atoms with E-state index in [0.717, 1.165) is 6.16 Å². The van der Waals surface area contributed by atoms with E-state index in [9.17, 15) is 9.90 Å². The maximum atomic E-state index is 12.1. The first-order valence-electron chi connectivity index (χ1n) is 9.20. The van der Waals surface area contributed by atoms with Crippen LogP contribution < -0.4 is 15.9 Å². The van der Waals surface area contributed by atoms with E-state index in [0.29, 0.717) is 6.42 Å². The lowest BCUT2D eigenvalue weighted by Crippen LogP contribution is -2.43. The molecule has 0 saturated carbocycles. The van der Waals surface area contributed by atoms with Crippen molar-refractivity contribution in [1.29, 1.82) is 0 Å². The van der Waals surface area contributed by atoms with E-state index in [2.05, 4.69) is 29.6 Å². The van der Waals surface area contributed by atoms with Crippen LogP contribution in [0.3, 0.4) is 0 Å². The quantitative estimate of drug-likeness (QED) is 0.774. The maximum Gasteiger partial charge on any atom is 0.408 e. The van der Waals surface area contributed by atoms with Gasteiger partial charge in [-0.3, -0.25) is 0 Å². The van der Waals surface area contributed by atoms with Crippen LogP contribution >= 0.6 is 7.26 Å². The van der Waals surface area contributed by atoms with Crippen LogP contribution in [0.2, 0.25) is 0 Å². The van der Waals surface area contributed by atoms with Gasteiger partial charge in [-0.2, -0.15) is 0 Å². The highest BCUT2D eigenvalue weighted by Gasteiger charge is 2.46. The number of benzene rings is 2. The van der Waals surface area contributed by atoms with Gasteiger partial charge in [0, 0.05) is 6.42 Å². The number of aliphatic hydroxyl groups is 1. The van der Waals surface area contributed by atoms with Gasteiger partial charge in [0.2, 0.25) is 0 Å². The standard InChI is InChI=1S/C22H26NO3P/c1-22(2,3)26-21(25)23-19-14-15-27(16-20(19)24,17-10-6-4-7-11-17)18-12-8-5-9-13-18/h4-13,16,19H,14-15H2,1-3H3,(H-,23,24,25)/p+1/t19-/m0/s1. The van der Waals surface area contributed by atoms with Crippen LogP contribution in [0, 0.1) is 0 Å². The SMILES string of the molecule is CC(C)(C)OC(=O)N[C@H]1CC[P+](c2ccccc2)(c2ccccc2)C=C1O. The molecule has 2 aromatic rings. The molecule has 1 heterocycles. The average molecular weight is 384 g/mol. The Balaban J connectivity index is 1.92. The van der Waals surface area contributed by atoms with Crippen LogP contribution in [0.25, 0.3) is 0 Å². The predicted octanol–water partition coefficient (Wildman–Crippen LogP) is 4.35. The molecule has 0 bridgehead atoms. The summed E-state index contributed by atoms with van der Waals surface area (Å²) in [6.45, 7) is 5.47. The molecular weight excluding hydrogens is 357 g/mol. The van der Waals surface area contributed by atoms with Crippen LogP contribution in [0.1, 0.15) is 27.2 Å². The van der Waals surface area contributed by atoms with E-state index in [1.54, 1.807) is 0 Å². The first kappa shape index (κ1) is 19.4. The largest absolute Gasteiger partial charge is 0.507 e. The summed E-state index contributed by atoms with van der Waals surface area (Å²) in [4.78, 5) is 12.1. The van der Waals surface area contributed by atoms with Crippen molar-refractivity contribution in [1.82, 2.24) is 5.32 Å². The summed E-state index contributed by atoms with van der Waals surface area (Å²) in [5.74, 6) is 2.21. The molecular formula is C22H27NO3P+. The smallest absolute Gasteiger partial charge is 0.408 e. The number of carbonyl (C=O) groups is 1. The second kappa shape index (κ2) is 7.74. The van der Waals surface area contributed by atoms with E-state index in [-0.39, 0.29) is 5.76 Å². The molecule has 4 nitrogen and oxygen atoms in total. The fourth-order valence-electron chi connectivity index (χ4n) is 3.40. The topological polar surface area (TPSA) is 58.6 Å². The third kappa shape index (κ3) is 4.51. The van der Waals surface area contributed by atoms with Gasteiger partial charge in [-0.1, -0.05) is 36.4 Å². The molecule has 0 aliphatic carbocycles. The summed E-state index contributed by atoms with van der Waals surface area (Å²) in [7, 11) is -1.88. The molecule has 5 heteroatoms. The molecule has 2 aromatic carbocycles. The maximum absolute atomic E-state index is 12.1. The Morgan fingerprint density at radius 2 is 1.56 bits per heavy atom. The minimum Gasteiger partial charge on any atom is -0.507 e. The minimum absolute atomic E-state index is 0.216. The zero-order chi connectivity index (χ0) is 19.5. The van der Waals surface area contributed by atoms with Crippen LogP contribution in [-0.4, -0.2) is 29.0 Å². The fourth-order valence-corrected chi connectivity index (χ4v) is 7.35. The lowest BCUT2D eigenvalue weighted by Gasteiger charge is -2.31. The summed E-state index contributed by atoms with van der Waals surface area (Å²) in [5.41, 5.74) is -0.567. The molecule has 0 spiro atoms.